The average molecular weight is 372 g/mol. The molecule has 1 heterocycles. The van der Waals surface area contributed by atoms with Crippen molar-refractivity contribution in [3.8, 4) is 0 Å². The van der Waals surface area contributed by atoms with Crippen molar-refractivity contribution in [2.24, 2.45) is 0 Å². The first kappa shape index (κ1) is 19.0. The summed E-state index contributed by atoms with van der Waals surface area (Å²) in [5.41, 5.74) is -1.77. The van der Waals surface area contributed by atoms with Crippen molar-refractivity contribution in [1.29, 1.82) is 0 Å². The van der Waals surface area contributed by atoms with Gasteiger partial charge in [-0.25, -0.2) is 0 Å². The fourth-order valence-electron chi connectivity index (χ4n) is 2.18. The van der Waals surface area contributed by atoms with Gasteiger partial charge in [-0.1, -0.05) is 0 Å². The number of non-ortho nitro benzene ring substituents is 1. The van der Waals surface area contributed by atoms with Gasteiger partial charge in [0.15, 0.2) is 0 Å². The second-order valence-electron chi connectivity index (χ2n) is 6.09. The molecule has 0 bridgehead atoms. The molecule has 0 aliphatic carbocycles. The highest BCUT2D eigenvalue weighted by Crippen LogP contribution is 2.51. The zero-order valence-corrected chi connectivity index (χ0v) is 14.5. The van der Waals surface area contributed by atoms with E-state index in [9.17, 15) is 34.1 Å². The quantitative estimate of drug-likeness (QED) is 0.254. The van der Waals surface area contributed by atoms with E-state index in [2.05, 4.69) is 9.97 Å². The zero-order chi connectivity index (χ0) is 19.2. The summed E-state index contributed by atoms with van der Waals surface area (Å²) in [5.74, 6) is 0. The number of aromatic nitrogens is 2. The summed E-state index contributed by atoms with van der Waals surface area (Å²) in [6, 6.07) is 2.28. The smallest absolute Gasteiger partial charge is 0.323 e. The fraction of sp³-hybridized carbons (Fsp3) is 0.385. The summed E-state index contributed by atoms with van der Waals surface area (Å²) in [7, 11) is -3.07. The van der Waals surface area contributed by atoms with Gasteiger partial charge in [0.2, 0.25) is 0 Å². The highest BCUT2D eigenvalue weighted by atomic mass is 31.2. The molecule has 136 valence electrons. The van der Waals surface area contributed by atoms with Crippen molar-refractivity contribution < 1.29 is 19.3 Å². The molecule has 2 aromatic rings. The molecule has 0 radical (unpaired) electrons. The second-order valence-corrected chi connectivity index (χ2v) is 8.27. The van der Waals surface area contributed by atoms with Crippen molar-refractivity contribution in [1.82, 2.24) is 14.9 Å². The number of fused-ring (bicyclic) bond motifs is 1. The number of nitro benzene ring substituents is 1. The normalized spacial score (nSPS) is 12.7. The van der Waals surface area contributed by atoms with E-state index in [0.29, 0.717) is 0 Å². The summed E-state index contributed by atoms with van der Waals surface area (Å²) < 4.78 is 11.7. The van der Waals surface area contributed by atoms with Crippen LogP contribution in [0.1, 0.15) is 19.4 Å². The van der Waals surface area contributed by atoms with Crippen LogP contribution in [0.3, 0.4) is 0 Å². The third kappa shape index (κ3) is 3.54. The van der Waals surface area contributed by atoms with Crippen molar-refractivity contribution >= 4 is 24.3 Å². The first-order valence-electron chi connectivity index (χ1n) is 7.05. The van der Waals surface area contributed by atoms with Crippen molar-refractivity contribution in [3.05, 3.63) is 48.5 Å². The molecule has 12 heteroatoms. The number of hydrogen-bond acceptors (Lipinski definition) is 6. The third-order valence-corrected chi connectivity index (χ3v) is 5.93. The molecule has 25 heavy (non-hydrogen) atoms. The highest BCUT2D eigenvalue weighted by molar-refractivity contribution is 7.53. The minimum absolute atomic E-state index is 0.0520. The number of benzene rings is 1. The van der Waals surface area contributed by atoms with Gasteiger partial charge in [-0.05, 0) is 26.5 Å². The van der Waals surface area contributed by atoms with Gasteiger partial charge in [-0.15, -0.1) is 0 Å². The van der Waals surface area contributed by atoms with Crippen LogP contribution in [0.5, 0.6) is 0 Å². The molecular formula is C13H17N4O7P. The molecule has 1 aromatic carbocycles. The third-order valence-electron chi connectivity index (χ3n) is 4.16. The molecule has 0 saturated heterocycles. The molecule has 0 unspecified atom stereocenters. The van der Waals surface area contributed by atoms with Crippen LogP contribution >= 0.6 is 7.60 Å². The van der Waals surface area contributed by atoms with E-state index in [0.717, 1.165) is 6.07 Å². The molecule has 11 nitrogen and oxygen atoms in total. The average Bonchev–Trinajstić information content (AvgIpc) is 2.47. The molecule has 0 aliphatic heterocycles. The lowest BCUT2D eigenvalue weighted by Crippen LogP contribution is -2.40. The van der Waals surface area contributed by atoms with E-state index >= 15 is 0 Å². The number of H-pyrrole nitrogens is 2. The Balaban J connectivity index is 2.65. The van der Waals surface area contributed by atoms with Crippen LogP contribution in [0.15, 0.2) is 21.7 Å². The van der Waals surface area contributed by atoms with Crippen molar-refractivity contribution in [2.45, 2.75) is 25.7 Å². The van der Waals surface area contributed by atoms with Crippen molar-refractivity contribution in [3.63, 3.8) is 0 Å². The lowest BCUT2D eigenvalue weighted by atomic mass is 10.1. The molecule has 1 aromatic heterocycles. The van der Waals surface area contributed by atoms with Crippen LogP contribution in [0.2, 0.25) is 0 Å². The molecule has 0 fully saturated rings. The van der Waals surface area contributed by atoms with Gasteiger partial charge in [0, 0.05) is 18.7 Å². The van der Waals surface area contributed by atoms with Gasteiger partial charge in [-0.3, -0.25) is 29.2 Å². The molecule has 0 atom stereocenters. The number of nitro groups is 1. The predicted molar refractivity (Wildman–Crippen MR) is 89.4 cm³/mol. The Morgan fingerprint density at radius 2 is 1.80 bits per heavy atom. The van der Waals surface area contributed by atoms with Crippen LogP contribution in [-0.2, 0) is 11.1 Å². The summed E-state index contributed by atoms with van der Waals surface area (Å²) in [5, 5.41) is 9.54. The number of hydrogen-bond donors (Lipinski definition) is 4. The zero-order valence-electron chi connectivity index (χ0n) is 13.6. The van der Waals surface area contributed by atoms with E-state index in [1.54, 1.807) is 0 Å². The van der Waals surface area contributed by atoms with Gasteiger partial charge in [-0.2, -0.15) is 0 Å². The number of aromatic amines is 2. The van der Waals surface area contributed by atoms with Gasteiger partial charge >= 0.3 is 18.7 Å². The Morgan fingerprint density at radius 3 is 2.32 bits per heavy atom. The van der Waals surface area contributed by atoms with Gasteiger partial charge in [0.1, 0.15) is 5.28 Å². The monoisotopic (exact) mass is 372 g/mol. The van der Waals surface area contributed by atoms with Crippen molar-refractivity contribution in [2.75, 3.05) is 7.05 Å². The van der Waals surface area contributed by atoms with Gasteiger partial charge < -0.3 is 19.8 Å². The molecule has 0 saturated carbocycles. The van der Waals surface area contributed by atoms with E-state index in [1.807, 2.05) is 0 Å². The summed E-state index contributed by atoms with van der Waals surface area (Å²) in [4.78, 5) is 58.4. The van der Waals surface area contributed by atoms with Gasteiger partial charge in [0.25, 0.3) is 5.69 Å². The molecule has 0 amide bonds. The van der Waals surface area contributed by atoms with E-state index in [4.69, 9.17) is 0 Å². The molecule has 2 rings (SSSR count). The Bertz CT molecular complexity index is 1000. The number of nitrogens with zero attached hydrogens (tertiary/aromatic N) is 2. The predicted octanol–water partition coefficient (Wildman–Crippen LogP) is 0.470. The lowest BCUT2D eigenvalue weighted by Gasteiger charge is -2.35. The second kappa shape index (κ2) is 6.19. The maximum absolute atomic E-state index is 11.7. The van der Waals surface area contributed by atoms with Crippen LogP contribution in [0, 0.1) is 10.1 Å². The Labute approximate surface area is 140 Å². The Hall–Kier alpha value is -2.33. The van der Waals surface area contributed by atoms with E-state index in [1.165, 1.54) is 31.9 Å². The summed E-state index contributed by atoms with van der Waals surface area (Å²) >= 11 is 0. The topological polar surface area (TPSA) is 170 Å². The first-order chi connectivity index (χ1) is 11.3. The molecule has 4 N–H and O–H groups in total. The van der Waals surface area contributed by atoms with E-state index in [-0.39, 0.29) is 28.8 Å². The lowest BCUT2D eigenvalue weighted by molar-refractivity contribution is -0.384. The first-order valence-corrected chi connectivity index (χ1v) is 8.66. The van der Waals surface area contributed by atoms with E-state index < -0.39 is 28.9 Å². The van der Waals surface area contributed by atoms with Gasteiger partial charge in [0.05, 0.1) is 16.0 Å². The minimum atomic E-state index is -4.51. The van der Waals surface area contributed by atoms with Crippen LogP contribution in [0.4, 0.5) is 5.69 Å². The molecule has 0 aliphatic rings. The fourth-order valence-corrected chi connectivity index (χ4v) is 2.70. The maximum atomic E-state index is 11.7. The largest absolute Gasteiger partial charge is 0.345 e. The standard InChI is InChI=1S/C13H17N4O7P/c1-13(2,25(22,23)24)16(3)6-7-4-8(17(20)21)5-9-10(7)15-12(19)11(18)14-9/h4-5H,6H2,1-3H3,(H,14,18)(H,15,19)(H2,22,23,24). The number of rotatable bonds is 5. The van der Waals surface area contributed by atoms with Crippen LogP contribution in [0.25, 0.3) is 11.0 Å². The Morgan fingerprint density at radius 1 is 1.24 bits per heavy atom. The van der Waals surface area contributed by atoms with Crippen LogP contribution < -0.4 is 11.1 Å². The molecular weight excluding hydrogens is 355 g/mol. The molecule has 0 spiro atoms. The minimum Gasteiger partial charge on any atom is -0.323 e. The number of nitrogens with one attached hydrogen (secondary N) is 2. The summed E-state index contributed by atoms with van der Waals surface area (Å²) in [6.07, 6.45) is 0. The maximum Gasteiger partial charge on any atom is 0.345 e. The SMILES string of the molecule is CN(Cc1cc([N+](=O)[O-])cc2[nH]c(=O)c(=O)[nH]c12)C(C)(C)P(=O)(O)O. The summed E-state index contributed by atoms with van der Waals surface area (Å²) in [6.45, 7) is 2.55. The van der Waals surface area contributed by atoms with Crippen LogP contribution in [-0.4, -0.2) is 41.9 Å². The highest BCUT2D eigenvalue weighted by Gasteiger charge is 2.41. The Kier molecular flexibility index (Phi) is 4.71.